The van der Waals surface area contributed by atoms with E-state index in [4.69, 9.17) is 4.74 Å². The maximum atomic E-state index is 6.21. The number of benzene rings is 2. The number of hydrogen-bond acceptors (Lipinski definition) is 2. The Balaban J connectivity index is 1.66. The van der Waals surface area contributed by atoms with Crippen molar-refractivity contribution < 1.29 is 10.1 Å². The molecule has 0 saturated carbocycles. The highest BCUT2D eigenvalue weighted by molar-refractivity contribution is 5.45. The number of nitrogens with two attached hydrogens (primary N) is 1. The Morgan fingerprint density at radius 3 is 2.34 bits per heavy atom. The lowest BCUT2D eigenvalue weighted by molar-refractivity contribution is -0.672. The van der Waals surface area contributed by atoms with Crippen LogP contribution in [-0.4, -0.2) is 32.8 Å². The zero-order chi connectivity index (χ0) is 20.9. The summed E-state index contributed by atoms with van der Waals surface area (Å²) in [6.07, 6.45) is 4.51. The van der Waals surface area contributed by atoms with Gasteiger partial charge in [-0.2, -0.15) is 0 Å². The molecular formula is C26H39N2O+. The van der Waals surface area contributed by atoms with Crippen LogP contribution < -0.4 is 10.2 Å². The average Bonchev–Trinajstić information content (AvgIpc) is 2.72. The second kappa shape index (κ2) is 9.32. The van der Waals surface area contributed by atoms with Gasteiger partial charge in [-0.3, -0.25) is 0 Å². The third kappa shape index (κ3) is 5.40. The summed E-state index contributed by atoms with van der Waals surface area (Å²) in [5.41, 5.74) is 5.70. The van der Waals surface area contributed by atoms with E-state index in [0.29, 0.717) is 0 Å². The van der Waals surface area contributed by atoms with E-state index >= 15 is 0 Å². The molecule has 1 heterocycles. The molecule has 0 aromatic heterocycles. The van der Waals surface area contributed by atoms with Crippen molar-refractivity contribution >= 4 is 5.69 Å². The lowest BCUT2D eigenvalue weighted by Crippen LogP contribution is -2.83. The summed E-state index contributed by atoms with van der Waals surface area (Å²) in [7, 11) is 4.17. The molecule has 1 aliphatic heterocycles. The van der Waals surface area contributed by atoms with E-state index in [9.17, 15) is 0 Å². The summed E-state index contributed by atoms with van der Waals surface area (Å²) in [6, 6.07) is 18.2. The fraction of sp³-hybridized carbons (Fsp3) is 0.538. The van der Waals surface area contributed by atoms with Gasteiger partial charge in [0, 0.05) is 43.8 Å². The second-order valence-electron chi connectivity index (χ2n) is 9.32. The van der Waals surface area contributed by atoms with E-state index in [1.807, 2.05) is 0 Å². The summed E-state index contributed by atoms with van der Waals surface area (Å²) >= 11 is 0. The Hall–Kier alpha value is -1.84. The Morgan fingerprint density at radius 2 is 1.72 bits per heavy atom. The van der Waals surface area contributed by atoms with Crippen molar-refractivity contribution in [1.29, 1.82) is 0 Å². The maximum Gasteiger partial charge on any atom is 0.101 e. The van der Waals surface area contributed by atoms with Crippen LogP contribution in [-0.2, 0) is 16.7 Å². The third-order valence-electron chi connectivity index (χ3n) is 6.82. The first-order valence-electron chi connectivity index (χ1n) is 11.1. The van der Waals surface area contributed by atoms with Gasteiger partial charge in [-0.1, -0.05) is 48.9 Å². The molecule has 2 N–H and O–H groups in total. The van der Waals surface area contributed by atoms with E-state index in [0.717, 1.165) is 39.0 Å². The molecule has 0 spiro atoms. The van der Waals surface area contributed by atoms with Crippen LogP contribution in [0.25, 0.3) is 0 Å². The number of nitrogens with zero attached hydrogens (tertiary/aromatic N) is 1. The third-order valence-corrected chi connectivity index (χ3v) is 6.82. The molecule has 0 unspecified atom stereocenters. The molecule has 1 saturated heterocycles. The van der Waals surface area contributed by atoms with Gasteiger partial charge in [0.25, 0.3) is 0 Å². The molecule has 1 fully saturated rings. The molecular weight excluding hydrogens is 356 g/mol. The lowest BCUT2D eigenvalue weighted by Gasteiger charge is -2.46. The standard InChI is InChI=1S/C26H38N2O/c1-6-25(3)20-26(16-18-29-25,23-11-7-21(2)8-12-23)15-17-27-19-22-9-13-24(14-10-22)28(4)5/h7-14,27H,6,15-20H2,1-5H3/p+1/t25-,26+/m1/s1. The van der Waals surface area contributed by atoms with Crippen LogP contribution in [0, 0.1) is 6.92 Å². The molecule has 2 aromatic rings. The van der Waals surface area contributed by atoms with Crippen LogP contribution in [0.5, 0.6) is 0 Å². The van der Waals surface area contributed by atoms with Gasteiger partial charge in [0.1, 0.15) is 6.54 Å². The molecule has 3 heteroatoms. The van der Waals surface area contributed by atoms with Gasteiger partial charge < -0.3 is 15.0 Å². The maximum absolute atomic E-state index is 6.21. The van der Waals surface area contributed by atoms with Crippen LogP contribution in [0.15, 0.2) is 48.5 Å². The largest absolute Gasteiger partial charge is 0.378 e. The fourth-order valence-corrected chi connectivity index (χ4v) is 4.66. The minimum Gasteiger partial charge on any atom is -0.378 e. The number of hydrogen-bond donors (Lipinski definition) is 1. The molecule has 0 aliphatic carbocycles. The lowest BCUT2D eigenvalue weighted by atomic mass is 9.66. The zero-order valence-corrected chi connectivity index (χ0v) is 19.0. The SMILES string of the molecule is CC[C@]1(C)C[C@@](CC[NH2+]Cc2ccc(N(C)C)cc2)(c2ccc(C)cc2)CCO1. The summed E-state index contributed by atoms with van der Waals surface area (Å²) in [4.78, 5) is 2.15. The first-order chi connectivity index (χ1) is 13.9. The molecule has 0 bridgehead atoms. The second-order valence-corrected chi connectivity index (χ2v) is 9.32. The van der Waals surface area contributed by atoms with Gasteiger partial charge >= 0.3 is 0 Å². The first kappa shape index (κ1) is 21.9. The van der Waals surface area contributed by atoms with E-state index in [-0.39, 0.29) is 11.0 Å². The Morgan fingerprint density at radius 1 is 1.03 bits per heavy atom. The molecule has 158 valence electrons. The van der Waals surface area contributed by atoms with Gasteiger partial charge in [0.05, 0.1) is 12.1 Å². The predicted octanol–water partition coefficient (Wildman–Crippen LogP) is 4.43. The highest BCUT2D eigenvalue weighted by Gasteiger charge is 2.43. The molecule has 3 nitrogen and oxygen atoms in total. The number of anilines is 1. The van der Waals surface area contributed by atoms with Crippen molar-refractivity contribution in [2.24, 2.45) is 0 Å². The van der Waals surface area contributed by atoms with Gasteiger partial charge in [-0.15, -0.1) is 0 Å². The average molecular weight is 396 g/mol. The van der Waals surface area contributed by atoms with Crippen molar-refractivity contribution in [2.75, 3.05) is 32.1 Å². The van der Waals surface area contributed by atoms with Crippen LogP contribution in [0.4, 0.5) is 5.69 Å². The normalized spacial score (nSPS) is 24.4. The van der Waals surface area contributed by atoms with Gasteiger partial charge in [0.2, 0.25) is 0 Å². The summed E-state index contributed by atoms with van der Waals surface area (Å²) in [5.74, 6) is 0. The molecule has 29 heavy (non-hydrogen) atoms. The summed E-state index contributed by atoms with van der Waals surface area (Å²) in [6.45, 7) is 9.78. The highest BCUT2D eigenvalue weighted by Crippen LogP contribution is 2.45. The summed E-state index contributed by atoms with van der Waals surface area (Å²) < 4.78 is 6.21. The number of aryl methyl sites for hydroxylation is 1. The smallest absolute Gasteiger partial charge is 0.101 e. The van der Waals surface area contributed by atoms with E-state index < -0.39 is 0 Å². The minimum atomic E-state index is -0.00878. The molecule has 0 radical (unpaired) electrons. The summed E-state index contributed by atoms with van der Waals surface area (Å²) in [5, 5.41) is 2.47. The van der Waals surface area contributed by atoms with Crippen molar-refractivity contribution in [3.8, 4) is 0 Å². The van der Waals surface area contributed by atoms with Gasteiger partial charge in [0.15, 0.2) is 0 Å². The van der Waals surface area contributed by atoms with Crippen LogP contribution >= 0.6 is 0 Å². The Labute approximate surface area is 177 Å². The highest BCUT2D eigenvalue weighted by atomic mass is 16.5. The van der Waals surface area contributed by atoms with Crippen molar-refractivity contribution in [3.63, 3.8) is 0 Å². The van der Waals surface area contributed by atoms with Gasteiger partial charge in [-0.05, 0) is 50.8 Å². The zero-order valence-electron chi connectivity index (χ0n) is 19.0. The molecule has 0 amide bonds. The Kier molecular flexibility index (Phi) is 7.02. The Bertz CT molecular complexity index is 768. The monoisotopic (exact) mass is 395 g/mol. The van der Waals surface area contributed by atoms with Crippen LogP contribution in [0.3, 0.4) is 0 Å². The van der Waals surface area contributed by atoms with E-state index in [1.54, 1.807) is 0 Å². The fourth-order valence-electron chi connectivity index (χ4n) is 4.66. The minimum absolute atomic E-state index is 0.00878. The van der Waals surface area contributed by atoms with Crippen LogP contribution in [0.2, 0.25) is 0 Å². The van der Waals surface area contributed by atoms with E-state index in [2.05, 4.69) is 93.6 Å². The molecule has 3 rings (SSSR count). The van der Waals surface area contributed by atoms with Crippen molar-refractivity contribution in [3.05, 3.63) is 65.2 Å². The molecule has 1 aliphatic rings. The first-order valence-corrected chi connectivity index (χ1v) is 11.1. The number of quaternary nitrogens is 1. The molecule has 2 atom stereocenters. The van der Waals surface area contributed by atoms with Crippen molar-refractivity contribution in [1.82, 2.24) is 0 Å². The molecule has 2 aromatic carbocycles. The van der Waals surface area contributed by atoms with Crippen LogP contribution in [0.1, 0.15) is 56.2 Å². The predicted molar refractivity (Wildman–Crippen MR) is 123 cm³/mol. The van der Waals surface area contributed by atoms with Crippen molar-refractivity contribution in [2.45, 2.75) is 64.0 Å². The topological polar surface area (TPSA) is 29.1 Å². The van der Waals surface area contributed by atoms with E-state index in [1.165, 1.54) is 28.8 Å². The number of rotatable bonds is 8. The quantitative estimate of drug-likeness (QED) is 0.670. The van der Waals surface area contributed by atoms with Gasteiger partial charge in [-0.25, -0.2) is 0 Å². The number of ether oxygens (including phenoxy) is 1.